The maximum Gasteiger partial charge on any atom is 0.330 e. The molecule has 9 heteroatoms. The first-order valence-electron chi connectivity index (χ1n) is 6.41. The molecule has 0 aromatic carbocycles. The molecule has 1 heterocycles. The van der Waals surface area contributed by atoms with Crippen LogP contribution in [0.1, 0.15) is 13.8 Å². The number of carbonyl (C=O) groups excluding carboxylic acids is 1. The van der Waals surface area contributed by atoms with Gasteiger partial charge in [0.25, 0.3) is 0 Å². The highest BCUT2D eigenvalue weighted by Crippen LogP contribution is 1.97. The Morgan fingerprint density at radius 1 is 1.05 bits per heavy atom. The second-order valence-electron chi connectivity index (χ2n) is 3.31. The van der Waals surface area contributed by atoms with E-state index in [9.17, 15) is 4.79 Å². The Labute approximate surface area is 130 Å². The number of esters is 1. The number of ether oxygens (including phenoxy) is 2. The van der Waals surface area contributed by atoms with Gasteiger partial charge in [0.05, 0.1) is 0 Å². The van der Waals surface area contributed by atoms with E-state index in [2.05, 4.69) is 32.8 Å². The first kappa shape index (κ1) is 21.6. The zero-order chi connectivity index (χ0) is 17.4. The van der Waals surface area contributed by atoms with E-state index in [1.165, 1.54) is 6.08 Å². The third-order valence-corrected chi connectivity index (χ3v) is 1.61. The number of anilines is 3. The summed E-state index contributed by atoms with van der Waals surface area (Å²) in [4.78, 5) is 20.6. The van der Waals surface area contributed by atoms with E-state index < -0.39 is 5.97 Å². The van der Waals surface area contributed by atoms with Crippen molar-refractivity contribution in [2.45, 2.75) is 13.8 Å². The van der Waals surface area contributed by atoms with Crippen LogP contribution in [0.25, 0.3) is 0 Å². The maximum atomic E-state index is 10.2. The van der Waals surface area contributed by atoms with Gasteiger partial charge in [0.1, 0.15) is 6.61 Å². The van der Waals surface area contributed by atoms with Crippen LogP contribution < -0.4 is 17.2 Å². The molecule has 0 bridgehead atoms. The molecule has 1 rings (SSSR count). The van der Waals surface area contributed by atoms with Gasteiger partial charge < -0.3 is 26.7 Å². The molecule has 0 saturated carbocycles. The standard InChI is InChI=1S/C6H8O2.C4H10O.C3H6N6/c1-3-5-8-6(7)4-2;1-3-5-4-2;4-1-7-2(5)9-3(6)8-1/h3-4H,1-2,5H2;3-4H2,1-2H3;(H6,4,5,6,7,8,9). The minimum Gasteiger partial charge on any atom is -0.458 e. The Morgan fingerprint density at radius 2 is 1.45 bits per heavy atom. The Balaban J connectivity index is 0. The van der Waals surface area contributed by atoms with Gasteiger partial charge in [-0.2, -0.15) is 15.0 Å². The van der Waals surface area contributed by atoms with E-state index in [0.717, 1.165) is 19.3 Å². The van der Waals surface area contributed by atoms with Crippen molar-refractivity contribution in [1.82, 2.24) is 15.0 Å². The van der Waals surface area contributed by atoms with Gasteiger partial charge in [0.2, 0.25) is 17.8 Å². The van der Waals surface area contributed by atoms with Crippen LogP contribution in [0.15, 0.2) is 25.3 Å². The molecular weight excluding hydrogens is 288 g/mol. The molecule has 0 aliphatic carbocycles. The Bertz CT molecular complexity index is 401. The summed E-state index contributed by atoms with van der Waals surface area (Å²) in [5.74, 6) is -0.287. The van der Waals surface area contributed by atoms with Crippen molar-refractivity contribution in [2.75, 3.05) is 37.0 Å². The maximum absolute atomic E-state index is 10.2. The topological polar surface area (TPSA) is 152 Å². The molecule has 6 N–H and O–H groups in total. The first-order valence-corrected chi connectivity index (χ1v) is 6.41. The molecule has 0 atom stereocenters. The van der Waals surface area contributed by atoms with E-state index in [1.807, 2.05) is 13.8 Å². The van der Waals surface area contributed by atoms with Crippen LogP contribution in [0.2, 0.25) is 0 Å². The minimum atomic E-state index is -0.412. The molecule has 0 spiro atoms. The van der Waals surface area contributed by atoms with Gasteiger partial charge in [-0.25, -0.2) is 4.79 Å². The SMILES string of the molecule is C=CCOC(=O)C=C.CCOCC.Nc1nc(N)nc(N)n1. The number of rotatable bonds is 5. The summed E-state index contributed by atoms with van der Waals surface area (Å²) in [5, 5.41) is 0. The van der Waals surface area contributed by atoms with Crippen molar-refractivity contribution in [3.05, 3.63) is 25.3 Å². The van der Waals surface area contributed by atoms with Crippen molar-refractivity contribution >= 4 is 23.8 Å². The van der Waals surface area contributed by atoms with Crippen LogP contribution in [0.4, 0.5) is 17.8 Å². The molecular formula is C13H24N6O3. The number of carbonyl (C=O) groups is 1. The zero-order valence-electron chi connectivity index (χ0n) is 13.0. The number of hydrogen-bond donors (Lipinski definition) is 3. The van der Waals surface area contributed by atoms with Crippen molar-refractivity contribution in [3.63, 3.8) is 0 Å². The predicted octanol–water partition coefficient (Wildman–Crippen LogP) is 0.563. The third kappa shape index (κ3) is 15.4. The summed E-state index contributed by atoms with van der Waals surface area (Å²) < 4.78 is 9.30. The highest BCUT2D eigenvalue weighted by atomic mass is 16.5. The highest BCUT2D eigenvalue weighted by Gasteiger charge is 1.93. The fourth-order valence-corrected chi connectivity index (χ4v) is 0.831. The predicted molar refractivity (Wildman–Crippen MR) is 86.6 cm³/mol. The fraction of sp³-hybridized carbons (Fsp3) is 0.385. The van der Waals surface area contributed by atoms with E-state index in [0.29, 0.717) is 0 Å². The average molecular weight is 312 g/mol. The number of hydrogen-bond acceptors (Lipinski definition) is 9. The normalized spacial score (nSPS) is 8.45. The molecule has 1 aromatic rings. The monoisotopic (exact) mass is 312 g/mol. The lowest BCUT2D eigenvalue weighted by molar-refractivity contribution is -0.136. The molecule has 0 aliphatic heterocycles. The Hall–Kier alpha value is -2.68. The summed E-state index contributed by atoms with van der Waals surface area (Å²) in [6.45, 7) is 12.5. The van der Waals surface area contributed by atoms with Crippen LogP contribution in [-0.2, 0) is 14.3 Å². The van der Waals surface area contributed by atoms with E-state index in [4.69, 9.17) is 21.9 Å². The molecule has 0 fully saturated rings. The summed E-state index contributed by atoms with van der Waals surface area (Å²) in [5.41, 5.74) is 15.4. The van der Waals surface area contributed by atoms with Gasteiger partial charge in [-0.1, -0.05) is 19.2 Å². The highest BCUT2D eigenvalue weighted by molar-refractivity contribution is 5.81. The largest absolute Gasteiger partial charge is 0.458 e. The van der Waals surface area contributed by atoms with Gasteiger partial charge in [0.15, 0.2) is 0 Å². The third-order valence-electron chi connectivity index (χ3n) is 1.61. The second kappa shape index (κ2) is 14.7. The van der Waals surface area contributed by atoms with E-state index in [1.54, 1.807) is 0 Å². The van der Waals surface area contributed by atoms with Crippen molar-refractivity contribution < 1.29 is 14.3 Å². The van der Waals surface area contributed by atoms with Crippen LogP contribution in [0.3, 0.4) is 0 Å². The summed E-state index contributed by atoms with van der Waals surface area (Å²) >= 11 is 0. The lowest BCUT2D eigenvalue weighted by atomic mass is 10.6. The molecule has 1 aromatic heterocycles. The molecule has 0 saturated heterocycles. The van der Waals surface area contributed by atoms with Crippen LogP contribution >= 0.6 is 0 Å². The number of nitrogen functional groups attached to an aromatic ring is 3. The van der Waals surface area contributed by atoms with Gasteiger partial charge in [-0.05, 0) is 13.8 Å². The first-order chi connectivity index (χ1) is 10.4. The molecule has 9 nitrogen and oxygen atoms in total. The quantitative estimate of drug-likeness (QED) is 0.402. The summed E-state index contributed by atoms with van der Waals surface area (Å²) in [7, 11) is 0. The van der Waals surface area contributed by atoms with E-state index >= 15 is 0 Å². The van der Waals surface area contributed by atoms with Crippen LogP contribution in [0.5, 0.6) is 0 Å². The number of nitrogens with zero attached hydrogens (tertiary/aromatic N) is 3. The van der Waals surface area contributed by atoms with Crippen LogP contribution in [-0.4, -0.2) is 40.7 Å². The van der Waals surface area contributed by atoms with Crippen molar-refractivity contribution in [2.24, 2.45) is 0 Å². The van der Waals surface area contributed by atoms with E-state index in [-0.39, 0.29) is 24.5 Å². The lowest BCUT2D eigenvalue weighted by Gasteiger charge is -1.93. The molecule has 0 aliphatic rings. The van der Waals surface area contributed by atoms with Gasteiger partial charge in [-0.15, -0.1) is 0 Å². The Kier molecular flexibility index (Phi) is 14.5. The van der Waals surface area contributed by atoms with Crippen molar-refractivity contribution in [3.8, 4) is 0 Å². The van der Waals surface area contributed by atoms with Gasteiger partial charge in [-0.3, -0.25) is 0 Å². The molecule has 0 unspecified atom stereocenters. The molecule has 0 amide bonds. The second-order valence-corrected chi connectivity index (χ2v) is 3.31. The van der Waals surface area contributed by atoms with Gasteiger partial charge in [0, 0.05) is 19.3 Å². The average Bonchev–Trinajstić information content (AvgIpc) is 2.45. The lowest BCUT2D eigenvalue weighted by Crippen LogP contribution is -2.05. The van der Waals surface area contributed by atoms with Gasteiger partial charge >= 0.3 is 5.97 Å². The number of aromatic nitrogens is 3. The smallest absolute Gasteiger partial charge is 0.330 e. The van der Waals surface area contributed by atoms with Crippen LogP contribution in [0, 0.1) is 0 Å². The zero-order valence-corrected chi connectivity index (χ0v) is 13.0. The minimum absolute atomic E-state index is 0.0417. The summed E-state index contributed by atoms with van der Waals surface area (Å²) in [6.07, 6.45) is 2.62. The Morgan fingerprint density at radius 3 is 1.68 bits per heavy atom. The van der Waals surface area contributed by atoms with Crippen molar-refractivity contribution in [1.29, 1.82) is 0 Å². The molecule has 0 radical (unpaired) electrons. The number of nitrogens with two attached hydrogens (primary N) is 3. The summed E-state index contributed by atoms with van der Waals surface area (Å²) in [6, 6.07) is 0. The molecule has 22 heavy (non-hydrogen) atoms. The molecule has 124 valence electrons. The fourth-order valence-electron chi connectivity index (χ4n) is 0.831.